The predicted molar refractivity (Wildman–Crippen MR) is 108 cm³/mol. The van der Waals surface area contributed by atoms with E-state index in [-0.39, 0.29) is 11.5 Å². The lowest BCUT2D eigenvalue weighted by Crippen LogP contribution is -2.46. The van der Waals surface area contributed by atoms with E-state index in [9.17, 15) is 9.59 Å². The highest BCUT2D eigenvalue weighted by Crippen LogP contribution is 2.41. The number of hydrogen-bond donors (Lipinski definition) is 0. The maximum Gasteiger partial charge on any atom is 0.348 e. The summed E-state index contributed by atoms with van der Waals surface area (Å²) in [5, 5.41) is 2.46. The summed E-state index contributed by atoms with van der Waals surface area (Å²) < 4.78 is 11.2. The van der Waals surface area contributed by atoms with Crippen molar-refractivity contribution in [2.24, 2.45) is 0 Å². The lowest BCUT2D eigenvalue weighted by atomic mass is 9.78. The van der Waals surface area contributed by atoms with E-state index in [0.717, 1.165) is 24.8 Å². The Morgan fingerprint density at radius 3 is 2.36 bits per heavy atom. The maximum atomic E-state index is 12.7. The molecule has 28 heavy (non-hydrogen) atoms. The molecule has 2 fully saturated rings. The molecule has 4 rings (SSSR count). The number of carbonyl (C=O) groups excluding carboxylic acids is 2. The second-order valence-electron chi connectivity index (χ2n) is 7.74. The average molecular weight is 378 g/mol. The first-order valence-corrected chi connectivity index (χ1v) is 10.2. The normalized spacial score (nSPS) is 22.1. The fraction of sp³-hybridized carbons (Fsp3) is 0.417. The van der Waals surface area contributed by atoms with Crippen LogP contribution in [0.25, 0.3) is 10.8 Å². The van der Waals surface area contributed by atoms with Gasteiger partial charge < -0.3 is 9.47 Å². The van der Waals surface area contributed by atoms with Crippen LogP contribution in [0.4, 0.5) is 0 Å². The van der Waals surface area contributed by atoms with E-state index in [0.29, 0.717) is 19.3 Å². The molecule has 1 heterocycles. The molecule has 146 valence electrons. The van der Waals surface area contributed by atoms with Gasteiger partial charge in [0.05, 0.1) is 0 Å². The molecule has 4 heteroatoms. The SMILES string of the molecule is CCC1(CC)OC(=O)C(=C2CCCC(c3cccc4ccccc34)C2)C(=O)O1. The summed E-state index contributed by atoms with van der Waals surface area (Å²) in [5.41, 5.74) is 2.28. The maximum absolute atomic E-state index is 12.7. The molecule has 1 aliphatic heterocycles. The van der Waals surface area contributed by atoms with Gasteiger partial charge in [-0.2, -0.15) is 0 Å². The first-order chi connectivity index (χ1) is 13.6. The summed E-state index contributed by atoms with van der Waals surface area (Å²) in [6.45, 7) is 3.72. The first kappa shape index (κ1) is 18.7. The third-order valence-corrected chi connectivity index (χ3v) is 6.18. The highest BCUT2D eigenvalue weighted by molar-refractivity contribution is 6.16. The van der Waals surface area contributed by atoms with Crippen molar-refractivity contribution in [2.45, 2.75) is 64.1 Å². The van der Waals surface area contributed by atoms with Gasteiger partial charge in [-0.15, -0.1) is 0 Å². The molecule has 1 aliphatic carbocycles. The minimum atomic E-state index is -1.11. The van der Waals surface area contributed by atoms with E-state index in [1.165, 1.54) is 16.3 Å². The molecule has 0 bridgehead atoms. The van der Waals surface area contributed by atoms with Crippen molar-refractivity contribution in [3.8, 4) is 0 Å². The topological polar surface area (TPSA) is 52.6 Å². The zero-order chi connectivity index (χ0) is 19.7. The Bertz CT molecular complexity index is 925. The van der Waals surface area contributed by atoms with Gasteiger partial charge in [0.15, 0.2) is 0 Å². The van der Waals surface area contributed by atoms with Gasteiger partial charge in [-0.05, 0) is 53.5 Å². The number of benzene rings is 2. The second kappa shape index (κ2) is 7.42. The minimum absolute atomic E-state index is 0.127. The van der Waals surface area contributed by atoms with Crippen molar-refractivity contribution < 1.29 is 19.1 Å². The highest BCUT2D eigenvalue weighted by atomic mass is 16.7. The molecule has 0 N–H and O–H groups in total. The van der Waals surface area contributed by atoms with Crippen LogP contribution >= 0.6 is 0 Å². The van der Waals surface area contributed by atoms with Gasteiger partial charge >= 0.3 is 11.9 Å². The quantitative estimate of drug-likeness (QED) is 0.407. The minimum Gasteiger partial charge on any atom is -0.419 e. The largest absolute Gasteiger partial charge is 0.419 e. The molecule has 2 aromatic rings. The average Bonchev–Trinajstić information content (AvgIpc) is 2.73. The van der Waals surface area contributed by atoms with E-state index in [1.54, 1.807) is 0 Å². The number of esters is 2. The molecule has 0 radical (unpaired) electrons. The van der Waals surface area contributed by atoms with Crippen LogP contribution in [0, 0.1) is 0 Å². The number of rotatable bonds is 3. The molecule has 0 amide bonds. The molecule has 2 aliphatic rings. The lowest BCUT2D eigenvalue weighted by Gasteiger charge is -2.36. The van der Waals surface area contributed by atoms with Crippen LogP contribution in [0.15, 0.2) is 53.6 Å². The predicted octanol–water partition coefficient (Wildman–Crippen LogP) is 5.41. The van der Waals surface area contributed by atoms with Crippen LogP contribution in [0.1, 0.15) is 63.9 Å². The smallest absolute Gasteiger partial charge is 0.348 e. The molecular weight excluding hydrogens is 352 g/mol. The number of fused-ring (bicyclic) bond motifs is 1. The van der Waals surface area contributed by atoms with Gasteiger partial charge in [-0.25, -0.2) is 9.59 Å². The highest BCUT2D eigenvalue weighted by Gasteiger charge is 2.45. The van der Waals surface area contributed by atoms with Gasteiger partial charge in [0.1, 0.15) is 5.57 Å². The van der Waals surface area contributed by atoms with Crippen LogP contribution in [-0.2, 0) is 19.1 Å². The monoisotopic (exact) mass is 378 g/mol. The number of carbonyl (C=O) groups is 2. The number of cyclic esters (lactones) is 2. The van der Waals surface area contributed by atoms with Crippen molar-refractivity contribution in [1.82, 2.24) is 0 Å². The molecule has 1 saturated heterocycles. The lowest BCUT2D eigenvalue weighted by molar-refractivity contribution is -0.237. The molecule has 1 saturated carbocycles. The van der Waals surface area contributed by atoms with Crippen molar-refractivity contribution in [3.63, 3.8) is 0 Å². The molecule has 0 aromatic heterocycles. The fourth-order valence-corrected chi connectivity index (χ4v) is 4.53. The van der Waals surface area contributed by atoms with Crippen LogP contribution in [-0.4, -0.2) is 17.7 Å². The Balaban J connectivity index is 1.67. The summed E-state index contributed by atoms with van der Waals surface area (Å²) in [6, 6.07) is 14.7. The van der Waals surface area contributed by atoms with E-state index >= 15 is 0 Å². The van der Waals surface area contributed by atoms with Crippen molar-refractivity contribution in [1.29, 1.82) is 0 Å². The molecule has 4 nitrogen and oxygen atoms in total. The Kier molecular flexibility index (Phi) is 4.96. The number of ether oxygens (including phenoxy) is 2. The van der Waals surface area contributed by atoms with E-state index < -0.39 is 17.7 Å². The van der Waals surface area contributed by atoms with Gasteiger partial charge in [-0.3, -0.25) is 0 Å². The molecule has 2 aromatic carbocycles. The van der Waals surface area contributed by atoms with Gasteiger partial charge in [0, 0.05) is 12.8 Å². The van der Waals surface area contributed by atoms with Crippen LogP contribution in [0.5, 0.6) is 0 Å². The molecular formula is C24H26O4. The van der Waals surface area contributed by atoms with Crippen LogP contribution < -0.4 is 0 Å². The van der Waals surface area contributed by atoms with Gasteiger partial charge in [0.2, 0.25) is 0 Å². The Morgan fingerprint density at radius 1 is 0.964 bits per heavy atom. The first-order valence-electron chi connectivity index (χ1n) is 10.2. The zero-order valence-electron chi connectivity index (χ0n) is 16.5. The van der Waals surface area contributed by atoms with Crippen molar-refractivity contribution in [2.75, 3.05) is 0 Å². The summed E-state index contributed by atoms with van der Waals surface area (Å²) in [6.07, 6.45) is 4.35. The van der Waals surface area contributed by atoms with Crippen molar-refractivity contribution in [3.05, 3.63) is 59.2 Å². The Morgan fingerprint density at radius 2 is 1.64 bits per heavy atom. The van der Waals surface area contributed by atoms with Crippen molar-refractivity contribution >= 4 is 22.7 Å². The molecule has 1 atom stereocenters. The zero-order valence-corrected chi connectivity index (χ0v) is 16.5. The third kappa shape index (κ3) is 3.21. The van der Waals surface area contributed by atoms with Gasteiger partial charge in [-0.1, -0.05) is 56.3 Å². The van der Waals surface area contributed by atoms with Gasteiger partial charge in [0.25, 0.3) is 5.79 Å². The fourth-order valence-electron chi connectivity index (χ4n) is 4.53. The van der Waals surface area contributed by atoms with E-state index in [1.807, 2.05) is 19.9 Å². The van der Waals surface area contributed by atoms with Crippen LogP contribution in [0.3, 0.4) is 0 Å². The van der Waals surface area contributed by atoms with Crippen LogP contribution in [0.2, 0.25) is 0 Å². The summed E-state index contributed by atoms with van der Waals surface area (Å²) >= 11 is 0. The Labute approximate surface area is 165 Å². The Hall–Kier alpha value is -2.62. The summed E-state index contributed by atoms with van der Waals surface area (Å²) in [7, 11) is 0. The second-order valence-corrected chi connectivity index (χ2v) is 7.74. The number of allylic oxidation sites excluding steroid dienone is 1. The molecule has 1 unspecified atom stereocenters. The summed E-state index contributed by atoms with van der Waals surface area (Å²) in [4.78, 5) is 25.4. The van der Waals surface area contributed by atoms with E-state index in [4.69, 9.17) is 9.47 Å². The molecule has 0 spiro atoms. The standard InChI is InChI=1S/C24H26O4/c1-3-24(4-2)27-22(25)21(23(26)28-24)18-12-7-11-17(15-18)20-14-8-10-16-9-5-6-13-19(16)20/h5-6,8-10,13-14,17H,3-4,7,11-12,15H2,1-2H3. The van der Waals surface area contributed by atoms with E-state index in [2.05, 4.69) is 36.4 Å². The third-order valence-electron chi connectivity index (χ3n) is 6.18. The summed E-state index contributed by atoms with van der Waals surface area (Å²) in [5.74, 6) is -1.86. The number of hydrogen-bond acceptors (Lipinski definition) is 4.